The average Bonchev–Trinajstić information content (AvgIpc) is 3.00. The number of ether oxygens (including phenoxy) is 4. The normalized spacial score (nSPS) is 27.9. The molecule has 9 heteroatoms. The monoisotopic (exact) mass is 292 g/mol. The number of aliphatic hydroxyl groups is 2. The number of carbonyl (C=O) groups excluding carboxylic acids is 1. The predicted molar refractivity (Wildman–Crippen MR) is 64.4 cm³/mol. The van der Waals surface area contributed by atoms with E-state index >= 15 is 0 Å². The van der Waals surface area contributed by atoms with E-state index in [2.05, 4.69) is 0 Å². The highest BCUT2D eigenvalue weighted by Crippen LogP contribution is 2.07. The van der Waals surface area contributed by atoms with Crippen LogP contribution in [0.4, 0.5) is 4.79 Å². The molecule has 0 radical (unpaired) electrons. The van der Waals surface area contributed by atoms with Crippen LogP contribution in [-0.2, 0) is 18.9 Å². The van der Waals surface area contributed by atoms with Crippen LogP contribution in [0.3, 0.4) is 0 Å². The van der Waals surface area contributed by atoms with E-state index in [1.807, 2.05) is 0 Å². The standard InChI is InChI=1S/C11H20N2O7/c14-9-12(1-5-17-9)3-7-19-11(16)20-8-4-13-2-6-18-10(13)15/h9-10,14-15H,1-8H2. The van der Waals surface area contributed by atoms with Crippen LogP contribution in [0.15, 0.2) is 0 Å². The first-order chi connectivity index (χ1) is 9.66. The van der Waals surface area contributed by atoms with Gasteiger partial charge in [-0.2, -0.15) is 0 Å². The predicted octanol–water partition coefficient (Wildman–Crippen LogP) is -1.64. The molecule has 0 amide bonds. The van der Waals surface area contributed by atoms with Crippen molar-refractivity contribution >= 4 is 6.16 Å². The summed E-state index contributed by atoms with van der Waals surface area (Å²) in [5.74, 6) is 0. The zero-order chi connectivity index (χ0) is 14.4. The van der Waals surface area contributed by atoms with Crippen molar-refractivity contribution in [2.24, 2.45) is 0 Å². The second-order valence-corrected chi connectivity index (χ2v) is 4.41. The van der Waals surface area contributed by atoms with Gasteiger partial charge in [-0.25, -0.2) is 14.6 Å². The van der Waals surface area contributed by atoms with Crippen molar-refractivity contribution in [1.29, 1.82) is 0 Å². The lowest BCUT2D eigenvalue weighted by molar-refractivity contribution is -0.137. The fourth-order valence-corrected chi connectivity index (χ4v) is 1.96. The molecule has 0 saturated carbocycles. The molecular formula is C11H20N2O7. The Hall–Kier alpha value is -0.970. The fraction of sp³-hybridized carbons (Fsp3) is 0.909. The van der Waals surface area contributed by atoms with E-state index in [-0.39, 0.29) is 13.2 Å². The third kappa shape index (κ3) is 4.54. The molecular weight excluding hydrogens is 272 g/mol. The van der Waals surface area contributed by atoms with E-state index < -0.39 is 19.0 Å². The van der Waals surface area contributed by atoms with E-state index in [0.29, 0.717) is 39.4 Å². The van der Waals surface area contributed by atoms with Gasteiger partial charge in [-0.05, 0) is 0 Å². The minimum atomic E-state index is -0.925. The van der Waals surface area contributed by atoms with Gasteiger partial charge < -0.3 is 29.2 Å². The van der Waals surface area contributed by atoms with Crippen molar-refractivity contribution in [2.45, 2.75) is 12.8 Å². The summed E-state index contributed by atoms with van der Waals surface area (Å²) in [5, 5.41) is 18.7. The van der Waals surface area contributed by atoms with Gasteiger partial charge in [0.25, 0.3) is 0 Å². The second kappa shape index (κ2) is 7.72. The van der Waals surface area contributed by atoms with Gasteiger partial charge in [-0.15, -0.1) is 0 Å². The summed E-state index contributed by atoms with van der Waals surface area (Å²) in [6.07, 6.45) is -2.62. The van der Waals surface area contributed by atoms with Crippen LogP contribution in [-0.4, -0.2) is 91.6 Å². The molecule has 2 fully saturated rings. The van der Waals surface area contributed by atoms with E-state index in [0.717, 1.165) is 0 Å². The average molecular weight is 292 g/mol. The molecule has 2 saturated heterocycles. The third-order valence-corrected chi connectivity index (χ3v) is 3.11. The number of hydrogen-bond acceptors (Lipinski definition) is 9. The summed E-state index contributed by atoms with van der Waals surface area (Å²) in [6, 6.07) is 0. The molecule has 0 aromatic carbocycles. The minimum absolute atomic E-state index is 0.120. The van der Waals surface area contributed by atoms with Gasteiger partial charge in [-0.1, -0.05) is 0 Å². The number of aliphatic hydroxyl groups excluding tert-OH is 2. The van der Waals surface area contributed by atoms with Crippen LogP contribution in [0, 0.1) is 0 Å². The highest BCUT2D eigenvalue weighted by Gasteiger charge is 2.23. The second-order valence-electron chi connectivity index (χ2n) is 4.41. The summed E-state index contributed by atoms with van der Waals surface area (Å²) in [6.45, 7) is 3.14. The SMILES string of the molecule is O=C(OCCN1CCOC1O)OCCN1CCOC1O. The molecule has 2 atom stereocenters. The third-order valence-electron chi connectivity index (χ3n) is 3.11. The Balaban J connectivity index is 1.50. The maximum Gasteiger partial charge on any atom is 0.508 e. The van der Waals surface area contributed by atoms with E-state index in [1.54, 1.807) is 9.80 Å². The molecule has 2 rings (SSSR count). The van der Waals surface area contributed by atoms with Crippen LogP contribution >= 0.6 is 0 Å². The molecule has 2 aliphatic rings. The first-order valence-electron chi connectivity index (χ1n) is 6.54. The van der Waals surface area contributed by atoms with Crippen LogP contribution < -0.4 is 0 Å². The molecule has 0 spiro atoms. The maximum absolute atomic E-state index is 11.3. The van der Waals surface area contributed by atoms with Gasteiger partial charge in [-0.3, -0.25) is 0 Å². The Morgan fingerprint density at radius 1 is 1.00 bits per heavy atom. The highest BCUT2D eigenvalue weighted by atomic mass is 16.7. The van der Waals surface area contributed by atoms with Gasteiger partial charge in [0.1, 0.15) is 13.2 Å². The zero-order valence-electron chi connectivity index (χ0n) is 11.1. The molecule has 116 valence electrons. The van der Waals surface area contributed by atoms with Crippen molar-refractivity contribution < 1.29 is 34.0 Å². The Bertz CT molecular complexity index is 289. The quantitative estimate of drug-likeness (QED) is 0.558. The summed E-state index contributed by atoms with van der Waals surface area (Å²) < 4.78 is 19.6. The lowest BCUT2D eigenvalue weighted by Crippen LogP contribution is -2.34. The topological polar surface area (TPSA) is 101 Å². The van der Waals surface area contributed by atoms with Crippen LogP contribution in [0.1, 0.15) is 0 Å². The van der Waals surface area contributed by atoms with E-state index in [1.165, 1.54) is 0 Å². The lowest BCUT2D eigenvalue weighted by atomic mass is 10.5. The van der Waals surface area contributed by atoms with Crippen molar-refractivity contribution in [3.05, 3.63) is 0 Å². The van der Waals surface area contributed by atoms with E-state index in [9.17, 15) is 15.0 Å². The van der Waals surface area contributed by atoms with E-state index in [4.69, 9.17) is 18.9 Å². The van der Waals surface area contributed by atoms with Crippen LogP contribution in [0.2, 0.25) is 0 Å². The van der Waals surface area contributed by atoms with Crippen molar-refractivity contribution in [2.75, 3.05) is 52.6 Å². The molecule has 0 aromatic heterocycles. The molecule has 2 aliphatic heterocycles. The minimum Gasteiger partial charge on any atom is -0.433 e. The zero-order valence-corrected chi connectivity index (χ0v) is 11.1. The van der Waals surface area contributed by atoms with Crippen LogP contribution in [0.5, 0.6) is 0 Å². The molecule has 2 unspecified atom stereocenters. The van der Waals surface area contributed by atoms with Gasteiger partial charge in [0.2, 0.25) is 12.8 Å². The number of carbonyl (C=O) groups is 1. The highest BCUT2D eigenvalue weighted by molar-refractivity contribution is 5.59. The summed E-state index contributed by atoms with van der Waals surface area (Å²) in [7, 11) is 0. The molecule has 20 heavy (non-hydrogen) atoms. The number of nitrogens with zero attached hydrogens (tertiary/aromatic N) is 2. The van der Waals surface area contributed by atoms with Gasteiger partial charge in [0.15, 0.2) is 0 Å². The van der Waals surface area contributed by atoms with Gasteiger partial charge in [0, 0.05) is 26.2 Å². The van der Waals surface area contributed by atoms with Crippen molar-refractivity contribution in [3.8, 4) is 0 Å². The number of rotatable bonds is 6. The fourth-order valence-electron chi connectivity index (χ4n) is 1.96. The largest absolute Gasteiger partial charge is 0.508 e. The van der Waals surface area contributed by atoms with Crippen molar-refractivity contribution in [3.63, 3.8) is 0 Å². The Labute approximate surface area is 116 Å². The molecule has 9 nitrogen and oxygen atoms in total. The van der Waals surface area contributed by atoms with Crippen molar-refractivity contribution in [1.82, 2.24) is 9.80 Å². The Morgan fingerprint density at radius 2 is 1.45 bits per heavy atom. The molecule has 0 aliphatic carbocycles. The summed E-state index contributed by atoms with van der Waals surface area (Å²) in [5.41, 5.74) is 0. The molecule has 0 bridgehead atoms. The Morgan fingerprint density at radius 3 is 1.80 bits per heavy atom. The lowest BCUT2D eigenvalue weighted by Gasteiger charge is -2.18. The molecule has 2 heterocycles. The number of hydrogen-bond donors (Lipinski definition) is 2. The first kappa shape index (κ1) is 15.4. The summed E-state index contributed by atoms with van der Waals surface area (Å²) >= 11 is 0. The maximum atomic E-state index is 11.3. The van der Waals surface area contributed by atoms with Gasteiger partial charge in [0.05, 0.1) is 13.2 Å². The first-order valence-corrected chi connectivity index (χ1v) is 6.54. The van der Waals surface area contributed by atoms with Crippen LogP contribution in [0.25, 0.3) is 0 Å². The Kier molecular flexibility index (Phi) is 5.95. The molecule has 2 N–H and O–H groups in total. The summed E-state index contributed by atoms with van der Waals surface area (Å²) in [4.78, 5) is 14.6. The van der Waals surface area contributed by atoms with Gasteiger partial charge >= 0.3 is 6.16 Å². The smallest absolute Gasteiger partial charge is 0.433 e. The molecule has 0 aromatic rings.